The maximum atomic E-state index is 13.3. The second-order valence-corrected chi connectivity index (χ2v) is 5.35. The molecule has 0 aliphatic rings. The van der Waals surface area contributed by atoms with Crippen LogP contribution in [0.25, 0.3) is 17.1 Å². The van der Waals surface area contributed by atoms with Crippen molar-refractivity contribution < 1.29 is 4.39 Å². The summed E-state index contributed by atoms with van der Waals surface area (Å²) in [4.78, 5) is 0. The SMILES string of the molecule is Cc1cccc(-n2nnnc2-c2ccc(F)c(N)c2)c1Br. The van der Waals surface area contributed by atoms with E-state index in [-0.39, 0.29) is 5.69 Å². The van der Waals surface area contributed by atoms with Crippen molar-refractivity contribution in [3.8, 4) is 17.1 Å². The molecule has 0 saturated carbocycles. The number of rotatable bonds is 2. The smallest absolute Gasteiger partial charge is 0.187 e. The van der Waals surface area contributed by atoms with Crippen LogP contribution in [-0.2, 0) is 0 Å². The van der Waals surface area contributed by atoms with Crippen LogP contribution >= 0.6 is 15.9 Å². The standard InChI is InChI=1S/C14H11BrFN5/c1-8-3-2-4-12(13(8)15)21-14(18-19-20-21)9-5-6-10(16)11(17)7-9/h2-7H,17H2,1H3. The monoisotopic (exact) mass is 347 g/mol. The molecule has 0 amide bonds. The molecule has 1 heterocycles. The first-order chi connectivity index (χ1) is 10.1. The third kappa shape index (κ3) is 2.40. The molecule has 5 nitrogen and oxygen atoms in total. The highest BCUT2D eigenvalue weighted by molar-refractivity contribution is 9.10. The maximum Gasteiger partial charge on any atom is 0.187 e. The Labute approximate surface area is 128 Å². The van der Waals surface area contributed by atoms with Crippen LogP contribution in [0.4, 0.5) is 10.1 Å². The van der Waals surface area contributed by atoms with Gasteiger partial charge < -0.3 is 5.73 Å². The lowest BCUT2D eigenvalue weighted by Gasteiger charge is -2.09. The first-order valence-electron chi connectivity index (χ1n) is 6.17. The highest BCUT2D eigenvalue weighted by Crippen LogP contribution is 2.28. The summed E-state index contributed by atoms with van der Waals surface area (Å²) in [6.07, 6.45) is 0. The maximum absolute atomic E-state index is 13.3. The number of aromatic nitrogens is 4. The zero-order valence-corrected chi connectivity index (χ0v) is 12.7. The Kier molecular flexibility index (Phi) is 3.42. The molecular formula is C14H11BrFN5. The predicted octanol–water partition coefficient (Wildman–Crippen LogP) is 3.12. The van der Waals surface area contributed by atoms with E-state index in [9.17, 15) is 4.39 Å². The molecular weight excluding hydrogens is 337 g/mol. The van der Waals surface area contributed by atoms with Crippen LogP contribution in [0.5, 0.6) is 0 Å². The largest absolute Gasteiger partial charge is 0.396 e. The van der Waals surface area contributed by atoms with Crippen LogP contribution in [0.2, 0.25) is 0 Å². The lowest BCUT2D eigenvalue weighted by Crippen LogP contribution is -2.02. The van der Waals surface area contributed by atoms with Gasteiger partial charge in [-0.2, -0.15) is 4.68 Å². The molecule has 0 saturated heterocycles. The van der Waals surface area contributed by atoms with E-state index < -0.39 is 5.82 Å². The van der Waals surface area contributed by atoms with Gasteiger partial charge >= 0.3 is 0 Å². The Morgan fingerprint density at radius 1 is 1.24 bits per heavy atom. The van der Waals surface area contributed by atoms with E-state index in [0.29, 0.717) is 11.4 Å². The number of aryl methyl sites for hydroxylation is 1. The molecule has 1 aromatic heterocycles. The zero-order chi connectivity index (χ0) is 15.0. The van der Waals surface area contributed by atoms with Crippen molar-refractivity contribution in [2.24, 2.45) is 0 Å². The summed E-state index contributed by atoms with van der Waals surface area (Å²) in [5, 5.41) is 11.7. The summed E-state index contributed by atoms with van der Waals surface area (Å²) in [5.41, 5.74) is 8.18. The third-order valence-corrected chi connectivity index (χ3v) is 4.15. The number of benzene rings is 2. The van der Waals surface area contributed by atoms with Gasteiger partial charge in [-0.15, -0.1) is 5.10 Å². The molecule has 0 bridgehead atoms. The van der Waals surface area contributed by atoms with Gasteiger partial charge in [-0.1, -0.05) is 12.1 Å². The number of halogens is 2. The quantitative estimate of drug-likeness (QED) is 0.723. The van der Waals surface area contributed by atoms with Crippen LogP contribution in [0.15, 0.2) is 40.9 Å². The molecule has 21 heavy (non-hydrogen) atoms. The van der Waals surface area contributed by atoms with E-state index in [0.717, 1.165) is 15.7 Å². The molecule has 3 aromatic rings. The van der Waals surface area contributed by atoms with E-state index in [1.165, 1.54) is 12.1 Å². The minimum absolute atomic E-state index is 0.0605. The predicted molar refractivity (Wildman–Crippen MR) is 81.4 cm³/mol. The molecule has 0 fully saturated rings. The van der Waals surface area contributed by atoms with Gasteiger partial charge in [0, 0.05) is 10.0 Å². The van der Waals surface area contributed by atoms with E-state index in [4.69, 9.17) is 5.73 Å². The summed E-state index contributed by atoms with van der Waals surface area (Å²) in [6.45, 7) is 1.98. The topological polar surface area (TPSA) is 69.6 Å². The first-order valence-corrected chi connectivity index (χ1v) is 6.96. The van der Waals surface area contributed by atoms with Gasteiger partial charge in [0.2, 0.25) is 0 Å². The molecule has 0 unspecified atom stereocenters. The normalized spacial score (nSPS) is 10.8. The average Bonchev–Trinajstić information content (AvgIpc) is 2.94. The van der Waals surface area contributed by atoms with E-state index in [1.54, 1.807) is 10.7 Å². The number of hydrogen-bond donors (Lipinski definition) is 1. The number of hydrogen-bond acceptors (Lipinski definition) is 4. The minimum Gasteiger partial charge on any atom is -0.396 e. The Balaban J connectivity index is 2.17. The fourth-order valence-corrected chi connectivity index (χ4v) is 2.44. The van der Waals surface area contributed by atoms with Crippen LogP contribution in [0.3, 0.4) is 0 Å². The van der Waals surface area contributed by atoms with E-state index in [1.807, 2.05) is 25.1 Å². The fourth-order valence-electron chi connectivity index (χ4n) is 2.01. The number of tetrazole rings is 1. The summed E-state index contributed by atoms with van der Waals surface area (Å²) in [6, 6.07) is 10.2. The Bertz CT molecular complexity index is 815. The van der Waals surface area contributed by atoms with Crippen molar-refractivity contribution in [1.82, 2.24) is 20.2 Å². The number of nitrogens with zero attached hydrogens (tertiary/aromatic N) is 4. The fraction of sp³-hybridized carbons (Fsp3) is 0.0714. The van der Waals surface area contributed by atoms with Crippen LogP contribution in [0.1, 0.15) is 5.56 Å². The van der Waals surface area contributed by atoms with Crippen molar-refractivity contribution in [2.75, 3.05) is 5.73 Å². The summed E-state index contributed by atoms with van der Waals surface area (Å²) < 4.78 is 15.8. The third-order valence-electron chi connectivity index (χ3n) is 3.12. The summed E-state index contributed by atoms with van der Waals surface area (Å²) in [5.74, 6) is 0.0301. The van der Waals surface area contributed by atoms with E-state index >= 15 is 0 Å². The molecule has 0 atom stereocenters. The highest BCUT2D eigenvalue weighted by atomic mass is 79.9. The van der Waals surface area contributed by atoms with Gasteiger partial charge in [0.1, 0.15) is 5.82 Å². The molecule has 3 rings (SSSR count). The second-order valence-electron chi connectivity index (χ2n) is 4.56. The molecule has 0 aliphatic carbocycles. The number of anilines is 1. The Morgan fingerprint density at radius 2 is 2.05 bits per heavy atom. The van der Waals surface area contributed by atoms with Gasteiger partial charge in [-0.05, 0) is 63.1 Å². The van der Waals surface area contributed by atoms with E-state index in [2.05, 4.69) is 31.5 Å². The van der Waals surface area contributed by atoms with Crippen LogP contribution in [-0.4, -0.2) is 20.2 Å². The molecule has 0 spiro atoms. The minimum atomic E-state index is -0.463. The molecule has 2 N–H and O–H groups in total. The molecule has 2 aromatic carbocycles. The van der Waals surface area contributed by atoms with Crippen LogP contribution in [0, 0.1) is 12.7 Å². The lowest BCUT2D eigenvalue weighted by atomic mass is 10.1. The molecule has 0 aliphatic heterocycles. The highest BCUT2D eigenvalue weighted by Gasteiger charge is 2.14. The number of nitrogens with two attached hydrogens (primary N) is 1. The Morgan fingerprint density at radius 3 is 2.81 bits per heavy atom. The molecule has 106 valence electrons. The van der Waals surface area contributed by atoms with Gasteiger partial charge in [-0.25, -0.2) is 4.39 Å². The van der Waals surface area contributed by atoms with Crippen molar-refractivity contribution in [3.05, 3.63) is 52.3 Å². The van der Waals surface area contributed by atoms with Crippen LogP contribution < -0.4 is 5.73 Å². The Hall–Kier alpha value is -2.28. The lowest BCUT2D eigenvalue weighted by molar-refractivity contribution is 0.632. The summed E-state index contributed by atoms with van der Waals surface area (Å²) >= 11 is 3.53. The van der Waals surface area contributed by atoms with Crippen molar-refractivity contribution in [3.63, 3.8) is 0 Å². The molecule has 7 heteroatoms. The van der Waals surface area contributed by atoms with Gasteiger partial charge in [0.25, 0.3) is 0 Å². The second kappa shape index (κ2) is 5.25. The molecule has 0 radical (unpaired) electrons. The van der Waals surface area contributed by atoms with Gasteiger partial charge in [0.15, 0.2) is 5.82 Å². The van der Waals surface area contributed by atoms with Crippen molar-refractivity contribution in [2.45, 2.75) is 6.92 Å². The first kappa shape index (κ1) is 13.7. The van der Waals surface area contributed by atoms with Gasteiger partial charge in [-0.3, -0.25) is 0 Å². The van der Waals surface area contributed by atoms with Gasteiger partial charge in [0.05, 0.1) is 11.4 Å². The number of nitrogen functional groups attached to an aromatic ring is 1. The average molecular weight is 348 g/mol. The van der Waals surface area contributed by atoms with Crippen molar-refractivity contribution in [1.29, 1.82) is 0 Å². The summed E-state index contributed by atoms with van der Waals surface area (Å²) in [7, 11) is 0. The van der Waals surface area contributed by atoms with Crippen molar-refractivity contribution >= 4 is 21.6 Å². The zero-order valence-electron chi connectivity index (χ0n) is 11.1.